The summed E-state index contributed by atoms with van der Waals surface area (Å²) >= 11 is 0. The van der Waals surface area contributed by atoms with E-state index in [0.717, 1.165) is 0 Å². The van der Waals surface area contributed by atoms with Crippen molar-refractivity contribution in [1.82, 2.24) is 0 Å². The second-order valence-electron chi connectivity index (χ2n) is 1.99. The van der Waals surface area contributed by atoms with Crippen LogP contribution in [0.5, 0.6) is 0 Å². The second kappa shape index (κ2) is 4.03. The van der Waals surface area contributed by atoms with Crippen LogP contribution in [0.25, 0.3) is 0 Å². The van der Waals surface area contributed by atoms with E-state index in [9.17, 15) is 4.79 Å². The van der Waals surface area contributed by atoms with Crippen LogP contribution in [0.4, 0.5) is 0 Å². The van der Waals surface area contributed by atoms with Gasteiger partial charge in [0.25, 0.3) is 0 Å². The summed E-state index contributed by atoms with van der Waals surface area (Å²) in [5, 5.41) is 4.09. The first-order chi connectivity index (χ1) is 5.33. The molecule has 0 amide bonds. The highest BCUT2D eigenvalue weighted by molar-refractivity contribution is 8.22. The number of ether oxygens (including phenoxy) is 1. The first-order valence-corrected chi connectivity index (χ1v) is 4.89. The lowest BCUT2D eigenvalue weighted by atomic mass is 10.6. The topological polar surface area (TPSA) is 26.3 Å². The third-order valence-corrected chi connectivity index (χ3v) is 2.73. The summed E-state index contributed by atoms with van der Waals surface area (Å²) in [5.41, 5.74) is 0. The molecule has 0 aromatic heterocycles. The highest BCUT2D eigenvalue weighted by Gasteiger charge is 2.01. The van der Waals surface area contributed by atoms with E-state index in [-0.39, 0.29) is 16.9 Å². The molecule has 3 heteroatoms. The van der Waals surface area contributed by atoms with E-state index in [4.69, 9.17) is 4.74 Å². The van der Waals surface area contributed by atoms with Crippen molar-refractivity contribution in [1.29, 1.82) is 0 Å². The van der Waals surface area contributed by atoms with Crippen molar-refractivity contribution in [3.8, 4) is 0 Å². The minimum absolute atomic E-state index is 0.335. The van der Waals surface area contributed by atoms with Crippen LogP contribution >= 0.6 is 10.9 Å². The molecule has 0 fully saturated rings. The average Bonchev–Trinajstić information content (AvgIpc) is 2.52. The Hall–Kier alpha value is -0.960. The van der Waals surface area contributed by atoms with E-state index in [0.29, 0.717) is 5.94 Å². The van der Waals surface area contributed by atoms with Crippen LogP contribution in [-0.2, 0) is 9.53 Å². The zero-order chi connectivity index (χ0) is 8.10. The van der Waals surface area contributed by atoms with Gasteiger partial charge >= 0.3 is 5.97 Å². The Labute approximate surface area is 68.6 Å². The summed E-state index contributed by atoms with van der Waals surface area (Å²) in [6.45, 7) is 3.30. The third kappa shape index (κ3) is 2.63. The first kappa shape index (κ1) is 8.14. The van der Waals surface area contributed by atoms with Gasteiger partial charge in [0.15, 0.2) is 0 Å². The van der Waals surface area contributed by atoms with Gasteiger partial charge in [-0.15, -0.1) is 0 Å². The SMILES string of the molecule is C=CC(=O)OC[SH]1C=CC=C1. The molecule has 0 aliphatic carbocycles. The fourth-order valence-electron chi connectivity index (χ4n) is 0.653. The van der Waals surface area contributed by atoms with Gasteiger partial charge < -0.3 is 4.74 Å². The third-order valence-electron chi connectivity index (χ3n) is 1.19. The molecular formula is C8H10O2S. The number of allylic oxidation sites excluding steroid dienone is 2. The van der Waals surface area contributed by atoms with Crippen LogP contribution in [0.15, 0.2) is 35.6 Å². The van der Waals surface area contributed by atoms with E-state index < -0.39 is 0 Å². The van der Waals surface area contributed by atoms with Crippen molar-refractivity contribution in [2.24, 2.45) is 0 Å². The quantitative estimate of drug-likeness (QED) is 0.396. The van der Waals surface area contributed by atoms with Crippen molar-refractivity contribution < 1.29 is 9.53 Å². The molecule has 0 radical (unpaired) electrons. The molecule has 60 valence electrons. The number of carbonyl (C=O) groups excluding carboxylic acids is 1. The zero-order valence-electron chi connectivity index (χ0n) is 6.06. The van der Waals surface area contributed by atoms with Gasteiger partial charge in [0.1, 0.15) is 5.94 Å². The van der Waals surface area contributed by atoms with Gasteiger partial charge in [-0.05, 0) is 10.8 Å². The van der Waals surface area contributed by atoms with Gasteiger partial charge in [0.2, 0.25) is 0 Å². The van der Waals surface area contributed by atoms with Crippen molar-refractivity contribution in [2.75, 3.05) is 5.94 Å². The predicted octanol–water partition coefficient (Wildman–Crippen LogP) is 1.72. The first-order valence-electron chi connectivity index (χ1n) is 3.23. The second-order valence-corrected chi connectivity index (χ2v) is 3.88. The van der Waals surface area contributed by atoms with Crippen LogP contribution in [0.2, 0.25) is 0 Å². The van der Waals surface area contributed by atoms with E-state index in [2.05, 4.69) is 6.58 Å². The molecule has 0 aromatic rings. The maximum atomic E-state index is 10.6. The molecular weight excluding hydrogens is 160 g/mol. The van der Waals surface area contributed by atoms with Gasteiger partial charge in [0.05, 0.1) is 0 Å². The number of esters is 1. The van der Waals surface area contributed by atoms with Crippen LogP contribution in [0, 0.1) is 0 Å². The molecule has 0 N–H and O–H groups in total. The van der Waals surface area contributed by atoms with E-state index >= 15 is 0 Å². The summed E-state index contributed by atoms with van der Waals surface area (Å²) in [5.74, 6) is 0.133. The Balaban J connectivity index is 2.22. The van der Waals surface area contributed by atoms with Gasteiger partial charge in [0, 0.05) is 6.08 Å². The lowest BCUT2D eigenvalue weighted by Crippen LogP contribution is -1.99. The van der Waals surface area contributed by atoms with E-state index in [1.54, 1.807) is 0 Å². The van der Waals surface area contributed by atoms with E-state index in [1.807, 2.05) is 23.0 Å². The largest absolute Gasteiger partial charge is 0.453 e. The average molecular weight is 170 g/mol. The maximum Gasteiger partial charge on any atom is 0.330 e. The van der Waals surface area contributed by atoms with Gasteiger partial charge in [-0.25, -0.2) is 4.79 Å². The van der Waals surface area contributed by atoms with Crippen molar-refractivity contribution in [2.45, 2.75) is 0 Å². The fourth-order valence-corrected chi connectivity index (χ4v) is 1.84. The summed E-state index contributed by atoms with van der Waals surface area (Å²) in [6.07, 6.45) is 5.11. The highest BCUT2D eigenvalue weighted by atomic mass is 32.2. The van der Waals surface area contributed by atoms with Crippen molar-refractivity contribution in [3.05, 3.63) is 35.6 Å². The van der Waals surface area contributed by atoms with E-state index in [1.165, 1.54) is 6.08 Å². The number of hydrogen-bond donors (Lipinski definition) is 1. The molecule has 11 heavy (non-hydrogen) atoms. The fraction of sp³-hybridized carbons (Fsp3) is 0.125. The molecule has 1 heterocycles. The van der Waals surface area contributed by atoms with Crippen LogP contribution < -0.4 is 0 Å². The smallest absolute Gasteiger partial charge is 0.330 e. The zero-order valence-corrected chi connectivity index (χ0v) is 6.96. The van der Waals surface area contributed by atoms with Crippen molar-refractivity contribution >= 4 is 16.9 Å². The number of carbonyl (C=O) groups is 1. The number of rotatable bonds is 3. The molecule has 0 saturated heterocycles. The molecule has 1 rings (SSSR count). The maximum absolute atomic E-state index is 10.6. The van der Waals surface area contributed by atoms with Crippen LogP contribution in [0.1, 0.15) is 0 Å². The highest BCUT2D eigenvalue weighted by Crippen LogP contribution is 2.32. The minimum atomic E-state index is -0.346. The monoisotopic (exact) mass is 170 g/mol. The molecule has 0 atom stereocenters. The summed E-state index contributed by atoms with van der Waals surface area (Å²) < 4.78 is 4.84. The Kier molecular flexibility index (Phi) is 2.98. The van der Waals surface area contributed by atoms with Crippen LogP contribution in [-0.4, -0.2) is 11.9 Å². The summed E-state index contributed by atoms with van der Waals surface area (Å²) in [6, 6.07) is 0. The summed E-state index contributed by atoms with van der Waals surface area (Å²) in [7, 11) is -0.335. The Morgan fingerprint density at radius 1 is 1.55 bits per heavy atom. The Bertz CT molecular complexity index is 206. The molecule has 1 aliphatic rings. The van der Waals surface area contributed by atoms with Gasteiger partial charge in [-0.1, -0.05) is 18.7 Å². The molecule has 0 unspecified atom stereocenters. The lowest BCUT2D eigenvalue weighted by Gasteiger charge is -2.08. The van der Waals surface area contributed by atoms with Gasteiger partial charge in [-0.3, -0.25) is 0 Å². The molecule has 0 spiro atoms. The number of hydrogen-bond acceptors (Lipinski definition) is 2. The lowest BCUT2D eigenvalue weighted by molar-refractivity contribution is -0.135. The minimum Gasteiger partial charge on any atom is -0.453 e. The Morgan fingerprint density at radius 3 is 2.73 bits per heavy atom. The summed E-state index contributed by atoms with van der Waals surface area (Å²) in [4.78, 5) is 10.6. The standard InChI is InChI=1S/C8H10O2S/c1-2-8(9)10-7-11-5-3-4-6-11/h2-6,11H,1,7H2. The van der Waals surface area contributed by atoms with Crippen LogP contribution in [0.3, 0.4) is 0 Å². The molecule has 0 aromatic carbocycles. The van der Waals surface area contributed by atoms with Gasteiger partial charge in [-0.2, -0.15) is 10.9 Å². The molecule has 2 nitrogen and oxygen atoms in total. The number of thiol groups is 1. The normalized spacial score (nSPS) is 16.9. The molecule has 1 aliphatic heterocycles. The van der Waals surface area contributed by atoms with Crippen molar-refractivity contribution in [3.63, 3.8) is 0 Å². The Morgan fingerprint density at radius 2 is 2.18 bits per heavy atom. The molecule has 0 saturated carbocycles. The molecule has 0 bridgehead atoms. The predicted molar refractivity (Wildman–Crippen MR) is 48.4 cm³/mol.